The molecular weight excluding hydrogens is 278 g/mol. The first-order valence-corrected chi connectivity index (χ1v) is 6.95. The van der Waals surface area contributed by atoms with Gasteiger partial charge in [-0.3, -0.25) is 4.98 Å². The average molecular weight is 293 g/mol. The molecule has 0 spiro atoms. The summed E-state index contributed by atoms with van der Waals surface area (Å²) in [6.07, 6.45) is 4.38. The van der Waals surface area contributed by atoms with Gasteiger partial charge in [0.1, 0.15) is 0 Å². The third kappa shape index (κ3) is 3.06. The normalized spacial score (nSPS) is 11.9. The highest BCUT2D eigenvalue weighted by Crippen LogP contribution is 2.26. The number of pyridine rings is 1. The highest BCUT2D eigenvalue weighted by atomic mass is 16.6. The summed E-state index contributed by atoms with van der Waals surface area (Å²) in [5.74, 6) is -0.298. The number of hydrogen-bond donors (Lipinski definition) is 0. The maximum absolute atomic E-state index is 12.3. The summed E-state index contributed by atoms with van der Waals surface area (Å²) in [5, 5.41) is 0. The van der Waals surface area contributed by atoms with Crippen LogP contribution in [0.15, 0.2) is 71.6 Å². The van der Waals surface area contributed by atoms with E-state index >= 15 is 0 Å². The maximum Gasteiger partial charge on any atom is 0.375 e. The predicted octanol–water partition coefficient (Wildman–Crippen LogP) is 3.93. The van der Waals surface area contributed by atoms with Gasteiger partial charge in [-0.25, -0.2) is 4.79 Å². The van der Waals surface area contributed by atoms with Gasteiger partial charge in [0.15, 0.2) is 6.10 Å². The standard InChI is InChI=1S/C18H15NO3/c1-13-10-16(21-12-13)18(20)22-17(14-6-3-2-4-7-14)15-8-5-9-19-11-15/h2-12,17H,1H3. The van der Waals surface area contributed by atoms with Crippen LogP contribution in [-0.4, -0.2) is 11.0 Å². The van der Waals surface area contributed by atoms with Crippen LogP contribution in [-0.2, 0) is 4.74 Å². The third-order valence-corrected chi connectivity index (χ3v) is 3.25. The first-order chi connectivity index (χ1) is 10.7. The van der Waals surface area contributed by atoms with Gasteiger partial charge in [0.05, 0.1) is 6.26 Å². The molecule has 2 aromatic heterocycles. The van der Waals surface area contributed by atoms with Crippen LogP contribution in [0.2, 0.25) is 0 Å². The van der Waals surface area contributed by atoms with Crippen molar-refractivity contribution in [2.45, 2.75) is 13.0 Å². The minimum atomic E-state index is -0.521. The molecule has 0 aliphatic carbocycles. The number of rotatable bonds is 4. The van der Waals surface area contributed by atoms with Crippen LogP contribution in [0, 0.1) is 6.92 Å². The molecule has 110 valence electrons. The molecule has 0 fully saturated rings. The van der Waals surface area contributed by atoms with Crippen LogP contribution >= 0.6 is 0 Å². The predicted molar refractivity (Wildman–Crippen MR) is 81.4 cm³/mol. The van der Waals surface area contributed by atoms with E-state index in [9.17, 15) is 4.79 Å². The zero-order valence-corrected chi connectivity index (χ0v) is 12.1. The summed E-state index contributed by atoms with van der Waals surface area (Å²) < 4.78 is 10.9. The highest BCUT2D eigenvalue weighted by molar-refractivity contribution is 5.86. The Labute approximate surface area is 128 Å². The van der Waals surface area contributed by atoms with Crippen molar-refractivity contribution in [1.29, 1.82) is 0 Å². The Morgan fingerprint density at radius 2 is 1.91 bits per heavy atom. The van der Waals surface area contributed by atoms with Crippen LogP contribution in [0.25, 0.3) is 0 Å². The van der Waals surface area contributed by atoms with E-state index in [0.29, 0.717) is 0 Å². The van der Waals surface area contributed by atoms with E-state index in [1.165, 1.54) is 6.26 Å². The fourth-order valence-electron chi connectivity index (χ4n) is 2.19. The average Bonchev–Trinajstić information content (AvgIpc) is 3.01. The van der Waals surface area contributed by atoms with Crippen LogP contribution < -0.4 is 0 Å². The second-order valence-electron chi connectivity index (χ2n) is 4.97. The summed E-state index contributed by atoms with van der Waals surface area (Å²) in [7, 11) is 0. The molecule has 0 aliphatic heterocycles. The van der Waals surface area contributed by atoms with Crippen LogP contribution in [0.4, 0.5) is 0 Å². The minimum absolute atomic E-state index is 0.197. The lowest BCUT2D eigenvalue weighted by Gasteiger charge is -2.17. The molecule has 0 saturated carbocycles. The van der Waals surface area contributed by atoms with Crippen molar-refractivity contribution in [2.24, 2.45) is 0 Å². The molecule has 0 N–H and O–H groups in total. The molecule has 22 heavy (non-hydrogen) atoms. The number of benzene rings is 1. The van der Waals surface area contributed by atoms with Gasteiger partial charge in [-0.2, -0.15) is 0 Å². The Morgan fingerprint density at radius 3 is 2.55 bits per heavy atom. The lowest BCUT2D eigenvalue weighted by molar-refractivity contribution is 0.0341. The Kier molecular flexibility index (Phi) is 4.01. The molecular formula is C18H15NO3. The van der Waals surface area contributed by atoms with E-state index in [1.54, 1.807) is 18.5 Å². The zero-order chi connectivity index (χ0) is 15.4. The van der Waals surface area contributed by atoms with Crippen molar-refractivity contribution in [1.82, 2.24) is 4.98 Å². The van der Waals surface area contributed by atoms with Crippen molar-refractivity contribution < 1.29 is 13.9 Å². The topological polar surface area (TPSA) is 52.3 Å². The monoisotopic (exact) mass is 293 g/mol. The number of aromatic nitrogens is 1. The smallest absolute Gasteiger partial charge is 0.375 e. The third-order valence-electron chi connectivity index (χ3n) is 3.25. The summed E-state index contributed by atoms with van der Waals surface area (Å²) >= 11 is 0. The van der Waals surface area contributed by atoms with Gasteiger partial charge >= 0.3 is 5.97 Å². The molecule has 0 saturated heterocycles. The Hall–Kier alpha value is -2.88. The Balaban J connectivity index is 1.91. The number of aryl methyl sites for hydroxylation is 1. The van der Waals surface area contributed by atoms with Gasteiger partial charge in [0, 0.05) is 18.0 Å². The van der Waals surface area contributed by atoms with E-state index in [0.717, 1.165) is 16.7 Å². The summed E-state index contributed by atoms with van der Waals surface area (Å²) in [6.45, 7) is 1.86. The van der Waals surface area contributed by atoms with E-state index in [2.05, 4.69) is 4.98 Å². The van der Waals surface area contributed by atoms with Crippen LogP contribution in [0.3, 0.4) is 0 Å². The molecule has 3 aromatic rings. The fourth-order valence-corrected chi connectivity index (χ4v) is 2.19. The maximum atomic E-state index is 12.3. The first-order valence-electron chi connectivity index (χ1n) is 6.95. The molecule has 1 atom stereocenters. The summed E-state index contributed by atoms with van der Waals surface area (Å²) in [6, 6.07) is 14.9. The van der Waals surface area contributed by atoms with Crippen molar-refractivity contribution in [3.8, 4) is 0 Å². The largest absolute Gasteiger partial charge is 0.457 e. The second kappa shape index (κ2) is 6.26. The van der Waals surface area contributed by atoms with Gasteiger partial charge in [-0.05, 0) is 30.2 Å². The van der Waals surface area contributed by atoms with E-state index in [1.807, 2.05) is 49.4 Å². The number of esters is 1. The molecule has 4 heteroatoms. The second-order valence-corrected chi connectivity index (χ2v) is 4.97. The molecule has 1 aromatic carbocycles. The summed E-state index contributed by atoms with van der Waals surface area (Å²) in [4.78, 5) is 16.4. The number of hydrogen-bond acceptors (Lipinski definition) is 4. The number of carbonyl (C=O) groups excluding carboxylic acids is 1. The molecule has 0 amide bonds. The molecule has 0 radical (unpaired) electrons. The van der Waals surface area contributed by atoms with Gasteiger partial charge in [0.2, 0.25) is 5.76 Å². The lowest BCUT2D eigenvalue weighted by Crippen LogP contribution is -2.12. The van der Waals surface area contributed by atoms with Crippen molar-refractivity contribution in [3.05, 3.63) is 89.6 Å². The number of ether oxygens (including phenoxy) is 1. The zero-order valence-electron chi connectivity index (χ0n) is 12.1. The van der Waals surface area contributed by atoms with Gasteiger partial charge < -0.3 is 9.15 Å². The molecule has 0 aliphatic rings. The lowest BCUT2D eigenvalue weighted by atomic mass is 10.0. The highest BCUT2D eigenvalue weighted by Gasteiger charge is 2.22. The van der Waals surface area contributed by atoms with E-state index in [4.69, 9.17) is 9.15 Å². The molecule has 2 heterocycles. The van der Waals surface area contributed by atoms with Crippen molar-refractivity contribution in [3.63, 3.8) is 0 Å². The number of furan rings is 1. The summed E-state index contributed by atoms with van der Waals surface area (Å²) in [5.41, 5.74) is 2.57. The van der Waals surface area contributed by atoms with E-state index in [-0.39, 0.29) is 5.76 Å². The molecule has 1 unspecified atom stereocenters. The van der Waals surface area contributed by atoms with Crippen molar-refractivity contribution >= 4 is 5.97 Å². The number of nitrogens with zero attached hydrogens (tertiary/aromatic N) is 1. The SMILES string of the molecule is Cc1coc(C(=O)OC(c2ccccc2)c2cccnc2)c1. The van der Waals surface area contributed by atoms with Crippen LogP contribution in [0.1, 0.15) is 33.3 Å². The molecule has 3 rings (SSSR count). The Bertz CT molecular complexity index is 711. The van der Waals surface area contributed by atoms with Gasteiger partial charge in [0.25, 0.3) is 0 Å². The van der Waals surface area contributed by atoms with E-state index < -0.39 is 12.1 Å². The minimum Gasteiger partial charge on any atom is -0.457 e. The van der Waals surface area contributed by atoms with Crippen LogP contribution in [0.5, 0.6) is 0 Å². The number of carbonyl (C=O) groups is 1. The molecule has 0 bridgehead atoms. The first kappa shape index (κ1) is 14.1. The Morgan fingerprint density at radius 1 is 1.14 bits per heavy atom. The van der Waals surface area contributed by atoms with Crippen molar-refractivity contribution in [2.75, 3.05) is 0 Å². The van der Waals surface area contributed by atoms with Gasteiger partial charge in [-0.15, -0.1) is 0 Å². The molecule has 4 nitrogen and oxygen atoms in total. The van der Waals surface area contributed by atoms with Gasteiger partial charge in [-0.1, -0.05) is 36.4 Å². The quantitative estimate of drug-likeness (QED) is 0.684. The fraction of sp³-hybridized carbons (Fsp3) is 0.111.